The van der Waals surface area contributed by atoms with Crippen molar-refractivity contribution in [3.8, 4) is 0 Å². The Kier molecular flexibility index (Phi) is 4.93. The van der Waals surface area contributed by atoms with Crippen LogP contribution in [0.1, 0.15) is 40.9 Å². The van der Waals surface area contributed by atoms with E-state index in [0.29, 0.717) is 13.1 Å². The van der Waals surface area contributed by atoms with Gasteiger partial charge >= 0.3 is 0 Å². The zero-order valence-electron chi connectivity index (χ0n) is 12.0. The fourth-order valence-corrected chi connectivity index (χ4v) is 2.74. The summed E-state index contributed by atoms with van der Waals surface area (Å²) in [5.41, 5.74) is 6.90. The lowest BCUT2D eigenvalue weighted by Crippen LogP contribution is -2.41. The van der Waals surface area contributed by atoms with E-state index in [9.17, 15) is 4.79 Å². The second-order valence-corrected chi connectivity index (χ2v) is 6.79. The Morgan fingerprint density at radius 2 is 2.06 bits per heavy atom. The second-order valence-electron chi connectivity index (χ2n) is 5.54. The molecule has 0 aromatic carbocycles. The highest BCUT2D eigenvalue weighted by molar-refractivity contribution is 7.14. The van der Waals surface area contributed by atoms with E-state index in [1.165, 1.54) is 10.4 Å². The molecule has 18 heavy (non-hydrogen) atoms. The highest BCUT2D eigenvalue weighted by atomic mass is 32.1. The number of thiophene rings is 1. The van der Waals surface area contributed by atoms with Crippen molar-refractivity contribution >= 4 is 17.2 Å². The zero-order chi connectivity index (χ0) is 13.9. The summed E-state index contributed by atoms with van der Waals surface area (Å²) >= 11 is 1.58. The topological polar surface area (TPSA) is 46.3 Å². The molecule has 0 aliphatic heterocycles. The smallest absolute Gasteiger partial charge is 0.263 e. The molecule has 1 aromatic heterocycles. The van der Waals surface area contributed by atoms with Crippen LogP contribution in [-0.4, -0.2) is 30.4 Å². The van der Waals surface area contributed by atoms with Gasteiger partial charge in [0.1, 0.15) is 0 Å². The molecule has 2 N–H and O–H groups in total. The van der Waals surface area contributed by atoms with Crippen molar-refractivity contribution in [2.45, 2.75) is 34.6 Å². The number of hydrogen-bond acceptors (Lipinski definition) is 3. The van der Waals surface area contributed by atoms with Crippen LogP contribution in [0.5, 0.6) is 0 Å². The average molecular weight is 268 g/mol. The summed E-state index contributed by atoms with van der Waals surface area (Å²) in [7, 11) is 0. The molecule has 0 bridgehead atoms. The van der Waals surface area contributed by atoms with Crippen molar-refractivity contribution in [1.29, 1.82) is 0 Å². The number of rotatable bonds is 5. The Labute approximate surface area is 114 Å². The SMILES string of the molecule is CCN(CC(C)(C)CN)C(=O)c1cc(C)c(C)s1. The van der Waals surface area contributed by atoms with Crippen molar-refractivity contribution in [2.75, 3.05) is 19.6 Å². The van der Waals surface area contributed by atoms with Gasteiger partial charge in [-0.25, -0.2) is 0 Å². The first-order valence-corrected chi connectivity index (χ1v) is 7.18. The van der Waals surface area contributed by atoms with Crippen molar-refractivity contribution < 1.29 is 4.79 Å². The van der Waals surface area contributed by atoms with Gasteiger partial charge in [-0.05, 0) is 44.4 Å². The van der Waals surface area contributed by atoms with E-state index in [1.807, 2.05) is 24.8 Å². The fraction of sp³-hybridized carbons (Fsp3) is 0.643. The maximum atomic E-state index is 12.4. The Bertz CT molecular complexity index is 404. The van der Waals surface area contributed by atoms with Gasteiger partial charge in [0.15, 0.2) is 0 Å². The average Bonchev–Trinajstić information content (AvgIpc) is 2.66. The number of amides is 1. The number of nitrogens with two attached hydrogens (primary N) is 1. The third-order valence-corrected chi connectivity index (χ3v) is 4.36. The molecule has 0 radical (unpaired) electrons. The van der Waals surface area contributed by atoms with Gasteiger partial charge in [0.05, 0.1) is 4.88 Å². The van der Waals surface area contributed by atoms with Crippen LogP contribution in [0.15, 0.2) is 6.07 Å². The van der Waals surface area contributed by atoms with Gasteiger partial charge in [-0.2, -0.15) is 0 Å². The summed E-state index contributed by atoms with van der Waals surface area (Å²) in [6.07, 6.45) is 0. The predicted octanol–water partition coefficient (Wildman–Crippen LogP) is 2.81. The Balaban J connectivity index is 2.86. The van der Waals surface area contributed by atoms with E-state index in [4.69, 9.17) is 5.73 Å². The van der Waals surface area contributed by atoms with E-state index >= 15 is 0 Å². The van der Waals surface area contributed by atoms with Crippen LogP contribution in [0.25, 0.3) is 0 Å². The van der Waals surface area contributed by atoms with Gasteiger partial charge in [-0.3, -0.25) is 4.79 Å². The summed E-state index contributed by atoms with van der Waals surface area (Å²) in [5, 5.41) is 0. The largest absolute Gasteiger partial charge is 0.338 e. The first-order chi connectivity index (χ1) is 8.30. The standard InChI is InChI=1S/C14H24N2OS/c1-6-16(9-14(4,5)8-15)13(17)12-7-10(2)11(3)18-12/h7H,6,8-9,15H2,1-5H3. The molecule has 0 aliphatic carbocycles. The predicted molar refractivity (Wildman–Crippen MR) is 78.2 cm³/mol. The number of hydrogen-bond donors (Lipinski definition) is 1. The maximum absolute atomic E-state index is 12.4. The maximum Gasteiger partial charge on any atom is 0.263 e. The molecule has 4 heteroatoms. The minimum atomic E-state index is -0.0347. The molecule has 1 rings (SSSR count). The van der Waals surface area contributed by atoms with Crippen molar-refractivity contribution in [3.05, 3.63) is 21.4 Å². The molecule has 3 nitrogen and oxygen atoms in total. The van der Waals surface area contributed by atoms with E-state index in [0.717, 1.165) is 11.4 Å². The van der Waals surface area contributed by atoms with E-state index in [2.05, 4.69) is 20.8 Å². The normalized spacial score (nSPS) is 11.7. The van der Waals surface area contributed by atoms with Crippen LogP contribution in [0.3, 0.4) is 0 Å². The molecule has 0 fully saturated rings. The van der Waals surface area contributed by atoms with Crippen LogP contribution in [0, 0.1) is 19.3 Å². The lowest BCUT2D eigenvalue weighted by Gasteiger charge is -2.30. The van der Waals surface area contributed by atoms with Gasteiger partial charge < -0.3 is 10.6 Å². The molecule has 0 unspecified atom stereocenters. The summed E-state index contributed by atoms with van der Waals surface area (Å²) < 4.78 is 0. The highest BCUT2D eigenvalue weighted by Gasteiger charge is 2.24. The van der Waals surface area contributed by atoms with Crippen LogP contribution >= 0.6 is 11.3 Å². The molecule has 1 aromatic rings. The molecule has 0 spiro atoms. The summed E-state index contributed by atoms with van der Waals surface area (Å²) in [6.45, 7) is 12.3. The van der Waals surface area contributed by atoms with Crippen molar-refractivity contribution in [1.82, 2.24) is 4.90 Å². The molecule has 0 saturated carbocycles. The quantitative estimate of drug-likeness (QED) is 0.892. The third kappa shape index (κ3) is 3.56. The molecular weight excluding hydrogens is 244 g/mol. The molecule has 102 valence electrons. The molecule has 1 amide bonds. The molecule has 0 atom stereocenters. The molecule has 0 saturated heterocycles. The fourth-order valence-electron chi connectivity index (χ4n) is 1.74. The number of nitrogens with zero attached hydrogens (tertiary/aromatic N) is 1. The first kappa shape index (κ1) is 15.2. The summed E-state index contributed by atoms with van der Waals surface area (Å²) in [4.78, 5) is 16.4. The van der Waals surface area contributed by atoms with Gasteiger partial charge in [0.2, 0.25) is 0 Å². The van der Waals surface area contributed by atoms with E-state index < -0.39 is 0 Å². The molecule has 0 aliphatic rings. The summed E-state index contributed by atoms with van der Waals surface area (Å²) in [6, 6.07) is 1.99. The summed E-state index contributed by atoms with van der Waals surface area (Å²) in [5.74, 6) is 0.125. The van der Waals surface area contributed by atoms with Crippen LogP contribution < -0.4 is 5.73 Å². The van der Waals surface area contributed by atoms with Crippen molar-refractivity contribution in [3.63, 3.8) is 0 Å². The van der Waals surface area contributed by atoms with Gasteiger partial charge in [0, 0.05) is 18.0 Å². The van der Waals surface area contributed by atoms with Gasteiger partial charge in [-0.1, -0.05) is 13.8 Å². The first-order valence-electron chi connectivity index (χ1n) is 6.37. The number of carbonyl (C=O) groups is 1. The minimum Gasteiger partial charge on any atom is -0.338 e. The van der Waals surface area contributed by atoms with E-state index in [-0.39, 0.29) is 11.3 Å². The zero-order valence-corrected chi connectivity index (χ0v) is 12.9. The van der Waals surface area contributed by atoms with Crippen molar-refractivity contribution in [2.24, 2.45) is 11.1 Å². The van der Waals surface area contributed by atoms with E-state index in [1.54, 1.807) is 11.3 Å². The molecule has 1 heterocycles. The van der Waals surface area contributed by atoms with Crippen LogP contribution in [0.4, 0.5) is 0 Å². The van der Waals surface area contributed by atoms with Gasteiger partial charge in [0.25, 0.3) is 5.91 Å². The lowest BCUT2D eigenvalue weighted by atomic mass is 9.93. The third-order valence-electron chi connectivity index (χ3n) is 3.22. The number of aryl methyl sites for hydroxylation is 2. The monoisotopic (exact) mass is 268 g/mol. The minimum absolute atomic E-state index is 0.0347. The number of carbonyl (C=O) groups excluding carboxylic acids is 1. The van der Waals surface area contributed by atoms with Crippen LogP contribution in [0.2, 0.25) is 0 Å². The van der Waals surface area contributed by atoms with Crippen LogP contribution in [-0.2, 0) is 0 Å². The Morgan fingerprint density at radius 1 is 1.44 bits per heavy atom. The second kappa shape index (κ2) is 5.85. The Hall–Kier alpha value is -0.870. The molecular formula is C14H24N2OS. The highest BCUT2D eigenvalue weighted by Crippen LogP contribution is 2.23. The Morgan fingerprint density at radius 3 is 2.44 bits per heavy atom. The lowest BCUT2D eigenvalue weighted by molar-refractivity contribution is 0.0705. The van der Waals surface area contributed by atoms with Gasteiger partial charge in [-0.15, -0.1) is 11.3 Å².